The molecule has 0 heterocycles. The van der Waals surface area contributed by atoms with Gasteiger partial charge in [0, 0.05) is 18.8 Å². The van der Waals surface area contributed by atoms with Crippen LogP contribution in [0.5, 0.6) is 0 Å². The number of carbonyl (C=O) groups is 1. The zero-order valence-electron chi connectivity index (χ0n) is 8.14. The molecule has 14 heavy (non-hydrogen) atoms. The maximum Gasteiger partial charge on any atom is 0.303 e. The number of aliphatic carboxylic acids is 1. The Labute approximate surface area is 82.3 Å². The third-order valence-electron chi connectivity index (χ3n) is 2.87. The van der Waals surface area contributed by atoms with Gasteiger partial charge < -0.3 is 5.11 Å². The highest BCUT2D eigenvalue weighted by Crippen LogP contribution is 2.39. The smallest absolute Gasteiger partial charge is 0.303 e. The van der Waals surface area contributed by atoms with Gasteiger partial charge in [0.15, 0.2) is 0 Å². The van der Waals surface area contributed by atoms with E-state index in [-0.39, 0.29) is 19.3 Å². The van der Waals surface area contributed by atoms with E-state index in [0.29, 0.717) is 12.8 Å². The summed E-state index contributed by atoms with van der Waals surface area (Å²) in [6, 6.07) is 0. The van der Waals surface area contributed by atoms with E-state index in [9.17, 15) is 13.6 Å². The normalized spacial score (nSPS) is 26.9. The minimum Gasteiger partial charge on any atom is -0.481 e. The fourth-order valence-corrected chi connectivity index (χ4v) is 2.00. The van der Waals surface area contributed by atoms with E-state index in [1.807, 2.05) is 0 Å². The van der Waals surface area contributed by atoms with Gasteiger partial charge in [-0.1, -0.05) is 12.8 Å². The fraction of sp³-hybridized carbons (Fsp3) is 0.900. The molecule has 0 radical (unpaired) electrons. The van der Waals surface area contributed by atoms with Gasteiger partial charge in [0.05, 0.1) is 0 Å². The first kappa shape index (κ1) is 11.4. The van der Waals surface area contributed by atoms with Gasteiger partial charge in [0.25, 0.3) is 5.92 Å². The molecular formula is C10H16F2O2. The highest BCUT2D eigenvalue weighted by molar-refractivity contribution is 5.66. The summed E-state index contributed by atoms with van der Waals surface area (Å²) >= 11 is 0. The van der Waals surface area contributed by atoms with E-state index in [2.05, 4.69) is 0 Å². The molecule has 4 heteroatoms. The van der Waals surface area contributed by atoms with Crippen LogP contribution in [0.15, 0.2) is 0 Å². The molecule has 1 N–H and O–H groups in total. The van der Waals surface area contributed by atoms with Crippen LogP contribution in [-0.4, -0.2) is 17.0 Å². The predicted octanol–water partition coefficient (Wildman–Crippen LogP) is 3.07. The number of rotatable bonds is 3. The first-order valence-electron chi connectivity index (χ1n) is 5.12. The van der Waals surface area contributed by atoms with Crippen molar-refractivity contribution in [1.29, 1.82) is 0 Å². The molecule has 1 saturated carbocycles. The number of carboxylic acids is 1. The third kappa shape index (κ3) is 3.24. The Morgan fingerprint density at radius 1 is 1.36 bits per heavy atom. The van der Waals surface area contributed by atoms with Gasteiger partial charge in [-0.05, 0) is 19.3 Å². The predicted molar refractivity (Wildman–Crippen MR) is 48.4 cm³/mol. The number of halogens is 2. The van der Waals surface area contributed by atoms with Crippen LogP contribution in [0.1, 0.15) is 44.9 Å². The van der Waals surface area contributed by atoms with Gasteiger partial charge in [-0.15, -0.1) is 0 Å². The quantitative estimate of drug-likeness (QED) is 0.720. The van der Waals surface area contributed by atoms with Gasteiger partial charge >= 0.3 is 5.97 Å². The first-order valence-corrected chi connectivity index (χ1v) is 5.12. The summed E-state index contributed by atoms with van der Waals surface area (Å²) in [7, 11) is 0. The lowest BCUT2D eigenvalue weighted by molar-refractivity contribution is -0.138. The van der Waals surface area contributed by atoms with Crippen molar-refractivity contribution in [1.82, 2.24) is 0 Å². The molecule has 0 aromatic carbocycles. The molecule has 1 fully saturated rings. The van der Waals surface area contributed by atoms with Gasteiger partial charge in [0.1, 0.15) is 0 Å². The third-order valence-corrected chi connectivity index (χ3v) is 2.87. The van der Waals surface area contributed by atoms with Crippen LogP contribution in [-0.2, 0) is 4.79 Å². The highest BCUT2D eigenvalue weighted by atomic mass is 19.3. The lowest BCUT2D eigenvalue weighted by Crippen LogP contribution is -2.27. The van der Waals surface area contributed by atoms with Gasteiger partial charge in [-0.3, -0.25) is 4.79 Å². The molecule has 0 aromatic heterocycles. The molecule has 0 aromatic rings. The van der Waals surface area contributed by atoms with Crippen molar-refractivity contribution in [3.05, 3.63) is 0 Å². The Kier molecular flexibility index (Phi) is 3.84. The molecule has 1 rings (SSSR count). The average Bonchev–Trinajstić information content (AvgIpc) is 2.23. The number of carboxylic acid groups (broad SMARTS) is 1. The minimum atomic E-state index is -2.65. The van der Waals surface area contributed by atoms with Crippen molar-refractivity contribution in [2.24, 2.45) is 5.92 Å². The molecule has 1 aliphatic carbocycles. The Hall–Kier alpha value is -0.670. The number of hydrogen-bond acceptors (Lipinski definition) is 1. The van der Waals surface area contributed by atoms with Crippen molar-refractivity contribution in [3.63, 3.8) is 0 Å². The van der Waals surface area contributed by atoms with Crippen LogP contribution in [0, 0.1) is 5.92 Å². The average molecular weight is 206 g/mol. The van der Waals surface area contributed by atoms with Gasteiger partial charge in [-0.25, -0.2) is 8.78 Å². The van der Waals surface area contributed by atoms with E-state index in [1.54, 1.807) is 0 Å². The maximum atomic E-state index is 13.4. The summed E-state index contributed by atoms with van der Waals surface area (Å²) in [5.74, 6) is -4.35. The van der Waals surface area contributed by atoms with Crippen LogP contribution in [0.25, 0.3) is 0 Å². The summed E-state index contributed by atoms with van der Waals surface area (Å²) < 4.78 is 26.8. The summed E-state index contributed by atoms with van der Waals surface area (Å²) in [6.07, 6.45) is 2.59. The molecule has 0 saturated heterocycles. The molecule has 0 spiro atoms. The molecule has 0 bridgehead atoms. The fourth-order valence-electron chi connectivity index (χ4n) is 2.00. The minimum absolute atomic E-state index is 0.0721. The number of hydrogen-bond donors (Lipinski definition) is 1. The second-order valence-electron chi connectivity index (χ2n) is 3.99. The summed E-state index contributed by atoms with van der Waals surface area (Å²) in [5.41, 5.74) is 0. The van der Waals surface area contributed by atoms with Crippen molar-refractivity contribution in [3.8, 4) is 0 Å². The first-order chi connectivity index (χ1) is 6.52. The molecular weight excluding hydrogens is 190 g/mol. The van der Waals surface area contributed by atoms with E-state index in [1.165, 1.54) is 0 Å². The molecule has 0 amide bonds. The van der Waals surface area contributed by atoms with Gasteiger partial charge in [0.2, 0.25) is 0 Å². The van der Waals surface area contributed by atoms with Crippen molar-refractivity contribution >= 4 is 5.97 Å². The SMILES string of the molecule is O=C(O)CCC1CCCCCC1(F)F. The Balaban J connectivity index is 2.49. The van der Waals surface area contributed by atoms with Gasteiger partial charge in [-0.2, -0.15) is 0 Å². The number of alkyl halides is 2. The summed E-state index contributed by atoms with van der Waals surface area (Å²) in [5, 5.41) is 8.44. The largest absolute Gasteiger partial charge is 0.481 e. The summed E-state index contributed by atoms with van der Waals surface area (Å²) in [4.78, 5) is 10.3. The molecule has 2 nitrogen and oxygen atoms in total. The zero-order chi connectivity index (χ0) is 10.6. The van der Waals surface area contributed by atoms with E-state index >= 15 is 0 Å². The monoisotopic (exact) mass is 206 g/mol. The van der Waals surface area contributed by atoms with Crippen LogP contribution >= 0.6 is 0 Å². The van der Waals surface area contributed by atoms with E-state index in [0.717, 1.165) is 12.8 Å². The van der Waals surface area contributed by atoms with Crippen LogP contribution in [0.2, 0.25) is 0 Å². The van der Waals surface area contributed by atoms with Crippen molar-refractivity contribution < 1.29 is 18.7 Å². The van der Waals surface area contributed by atoms with Crippen LogP contribution in [0.3, 0.4) is 0 Å². The molecule has 0 aliphatic heterocycles. The van der Waals surface area contributed by atoms with Crippen molar-refractivity contribution in [2.75, 3.05) is 0 Å². The second-order valence-corrected chi connectivity index (χ2v) is 3.99. The molecule has 1 aliphatic rings. The Morgan fingerprint density at radius 2 is 2.07 bits per heavy atom. The zero-order valence-corrected chi connectivity index (χ0v) is 8.14. The standard InChI is InChI=1S/C10H16F2O2/c11-10(12)7-3-1-2-4-8(10)5-6-9(13)14/h8H,1-7H2,(H,13,14). The van der Waals surface area contributed by atoms with Crippen molar-refractivity contribution in [2.45, 2.75) is 50.9 Å². The summed E-state index contributed by atoms with van der Waals surface area (Å²) in [6.45, 7) is 0. The topological polar surface area (TPSA) is 37.3 Å². The van der Waals surface area contributed by atoms with E-state index < -0.39 is 17.8 Å². The molecule has 1 unspecified atom stereocenters. The molecule has 1 atom stereocenters. The van der Waals surface area contributed by atoms with E-state index in [4.69, 9.17) is 5.11 Å². The lowest BCUT2D eigenvalue weighted by Gasteiger charge is -2.23. The Bertz CT molecular complexity index is 204. The van der Waals surface area contributed by atoms with Crippen LogP contribution in [0.4, 0.5) is 8.78 Å². The Morgan fingerprint density at radius 3 is 2.71 bits per heavy atom. The van der Waals surface area contributed by atoms with Crippen LogP contribution < -0.4 is 0 Å². The lowest BCUT2D eigenvalue weighted by atomic mass is 9.91. The molecule has 82 valence electrons. The second kappa shape index (κ2) is 4.71. The highest BCUT2D eigenvalue weighted by Gasteiger charge is 2.39. The maximum absolute atomic E-state index is 13.4.